The van der Waals surface area contributed by atoms with Crippen molar-refractivity contribution in [3.05, 3.63) is 65.7 Å². The van der Waals surface area contributed by atoms with E-state index in [1.54, 1.807) is 12.1 Å². The summed E-state index contributed by atoms with van der Waals surface area (Å²) in [6.07, 6.45) is 0.914. The Kier molecular flexibility index (Phi) is 4.31. The number of nitrogens with zero attached hydrogens (tertiary/aromatic N) is 1. The molecule has 2 rings (SSSR count). The lowest BCUT2D eigenvalue weighted by molar-refractivity contribution is -0.123. The fraction of sp³-hybridized carbons (Fsp3) is 0.188. The smallest absolute Gasteiger partial charge is 0.251 e. The van der Waals surface area contributed by atoms with Crippen LogP contribution in [0.1, 0.15) is 17.5 Å². The van der Waals surface area contributed by atoms with E-state index in [-0.39, 0.29) is 12.3 Å². The number of hydrogen-bond donors (Lipinski definition) is 1. The Balaban J connectivity index is 1.96. The van der Waals surface area contributed by atoms with E-state index in [9.17, 15) is 10.0 Å². The van der Waals surface area contributed by atoms with Crippen LogP contribution in [0, 0.1) is 6.92 Å². The fourth-order valence-electron chi connectivity index (χ4n) is 1.91. The number of carbonyl (C=O) groups is 1. The first-order valence-corrected chi connectivity index (χ1v) is 6.29. The van der Waals surface area contributed by atoms with Crippen LogP contribution < -0.4 is 5.06 Å². The van der Waals surface area contributed by atoms with Gasteiger partial charge in [-0.15, -0.1) is 0 Å². The Morgan fingerprint density at radius 3 is 2.53 bits per heavy atom. The van der Waals surface area contributed by atoms with E-state index >= 15 is 0 Å². The van der Waals surface area contributed by atoms with Gasteiger partial charge in [0.2, 0.25) is 0 Å². The van der Waals surface area contributed by atoms with Gasteiger partial charge in [-0.25, -0.2) is 0 Å². The first-order valence-electron chi connectivity index (χ1n) is 6.29. The van der Waals surface area contributed by atoms with E-state index in [1.807, 2.05) is 49.4 Å². The number of rotatable bonds is 4. The van der Waals surface area contributed by atoms with Gasteiger partial charge in [0, 0.05) is 6.42 Å². The highest BCUT2D eigenvalue weighted by atomic mass is 16.5. The molecule has 2 aromatic carbocycles. The number of benzene rings is 2. The predicted octanol–water partition coefficient (Wildman–Crippen LogP) is 3.35. The Labute approximate surface area is 113 Å². The first-order chi connectivity index (χ1) is 9.16. The van der Waals surface area contributed by atoms with Crippen molar-refractivity contribution in [2.45, 2.75) is 19.8 Å². The number of amides is 1. The van der Waals surface area contributed by atoms with Gasteiger partial charge in [-0.1, -0.05) is 42.5 Å². The largest absolute Gasteiger partial charge is 0.281 e. The summed E-state index contributed by atoms with van der Waals surface area (Å²) in [6.45, 7) is 1.92. The zero-order valence-electron chi connectivity index (χ0n) is 10.9. The van der Waals surface area contributed by atoms with Crippen LogP contribution in [0.2, 0.25) is 0 Å². The monoisotopic (exact) mass is 255 g/mol. The number of hydrogen-bond acceptors (Lipinski definition) is 2. The van der Waals surface area contributed by atoms with Crippen LogP contribution in [0.3, 0.4) is 0 Å². The normalized spacial score (nSPS) is 10.2. The molecule has 0 saturated carbocycles. The lowest BCUT2D eigenvalue weighted by Crippen LogP contribution is -2.27. The second-order valence-electron chi connectivity index (χ2n) is 4.53. The van der Waals surface area contributed by atoms with Crippen molar-refractivity contribution in [3.8, 4) is 0 Å². The third kappa shape index (κ3) is 3.66. The molecule has 0 saturated heterocycles. The van der Waals surface area contributed by atoms with Crippen LogP contribution >= 0.6 is 0 Å². The fourth-order valence-corrected chi connectivity index (χ4v) is 1.91. The van der Waals surface area contributed by atoms with Crippen molar-refractivity contribution < 1.29 is 10.0 Å². The second-order valence-corrected chi connectivity index (χ2v) is 4.53. The van der Waals surface area contributed by atoms with Crippen LogP contribution in [0.25, 0.3) is 0 Å². The van der Waals surface area contributed by atoms with Crippen molar-refractivity contribution in [1.29, 1.82) is 0 Å². The molecule has 1 amide bonds. The molecule has 19 heavy (non-hydrogen) atoms. The molecule has 0 unspecified atom stereocenters. The van der Waals surface area contributed by atoms with Crippen molar-refractivity contribution in [1.82, 2.24) is 0 Å². The summed E-state index contributed by atoms with van der Waals surface area (Å²) in [5, 5.41) is 10.6. The van der Waals surface area contributed by atoms with Crippen LogP contribution in [0.5, 0.6) is 0 Å². The first kappa shape index (κ1) is 13.3. The molecule has 0 aromatic heterocycles. The van der Waals surface area contributed by atoms with Gasteiger partial charge in [0.05, 0.1) is 5.69 Å². The van der Waals surface area contributed by atoms with Gasteiger partial charge in [0.15, 0.2) is 0 Å². The number of anilines is 1. The lowest BCUT2D eigenvalue weighted by Gasteiger charge is -2.15. The summed E-state index contributed by atoms with van der Waals surface area (Å²) < 4.78 is 0. The molecular formula is C16H17NO2. The summed E-state index contributed by atoms with van der Waals surface area (Å²) in [5.74, 6) is -0.297. The SMILES string of the molecule is Cc1cccc(N(O)C(=O)CCc2ccccc2)c1. The van der Waals surface area contributed by atoms with Gasteiger partial charge in [-0.3, -0.25) is 10.0 Å². The molecule has 0 bridgehead atoms. The van der Waals surface area contributed by atoms with Crippen molar-refractivity contribution in [2.75, 3.05) is 5.06 Å². The van der Waals surface area contributed by atoms with Crippen LogP contribution in [-0.4, -0.2) is 11.1 Å². The highest BCUT2D eigenvalue weighted by Gasteiger charge is 2.12. The van der Waals surface area contributed by atoms with Gasteiger partial charge in [-0.05, 0) is 36.6 Å². The van der Waals surface area contributed by atoms with Gasteiger partial charge in [0.1, 0.15) is 0 Å². The minimum absolute atomic E-state index is 0.286. The third-order valence-electron chi connectivity index (χ3n) is 2.95. The molecule has 0 aliphatic carbocycles. The zero-order chi connectivity index (χ0) is 13.7. The van der Waals surface area contributed by atoms with Crippen LogP contribution in [0.4, 0.5) is 5.69 Å². The molecule has 0 aliphatic heterocycles. The summed E-state index contributed by atoms with van der Waals surface area (Å²) in [7, 11) is 0. The number of aryl methyl sites for hydroxylation is 2. The number of hydroxylamine groups is 1. The minimum Gasteiger partial charge on any atom is -0.281 e. The third-order valence-corrected chi connectivity index (χ3v) is 2.95. The van der Waals surface area contributed by atoms with Gasteiger partial charge >= 0.3 is 0 Å². The highest BCUT2D eigenvalue weighted by Crippen LogP contribution is 2.15. The average Bonchev–Trinajstić information content (AvgIpc) is 2.45. The maximum atomic E-state index is 11.9. The van der Waals surface area contributed by atoms with E-state index in [2.05, 4.69) is 0 Å². The second kappa shape index (κ2) is 6.16. The zero-order valence-corrected chi connectivity index (χ0v) is 10.9. The maximum absolute atomic E-state index is 11.9. The Morgan fingerprint density at radius 1 is 1.11 bits per heavy atom. The quantitative estimate of drug-likeness (QED) is 0.672. The van der Waals surface area contributed by atoms with E-state index < -0.39 is 0 Å². The van der Waals surface area contributed by atoms with E-state index in [0.29, 0.717) is 12.1 Å². The Morgan fingerprint density at radius 2 is 1.84 bits per heavy atom. The lowest BCUT2D eigenvalue weighted by atomic mass is 10.1. The van der Waals surface area contributed by atoms with E-state index in [1.165, 1.54) is 0 Å². The molecule has 0 fully saturated rings. The molecular weight excluding hydrogens is 238 g/mol. The van der Waals surface area contributed by atoms with Crippen LogP contribution in [0.15, 0.2) is 54.6 Å². The molecule has 3 heteroatoms. The molecule has 0 spiro atoms. The molecule has 98 valence electrons. The number of carbonyl (C=O) groups excluding carboxylic acids is 1. The van der Waals surface area contributed by atoms with E-state index in [4.69, 9.17) is 0 Å². The van der Waals surface area contributed by atoms with Gasteiger partial charge in [0.25, 0.3) is 5.91 Å². The topological polar surface area (TPSA) is 40.5 Å². The average molecular weight is 255 g/mol. The summed E-state index contributed by atoms with van der Waals surface area (Å²) in [6, 6.07) is 17.0. The maximum Gasteiger partial charge on any atom is 0.251 e. The van der Waals surface area contributed by atoms with Crippen molar-refractivity contribution in [3.63, 3.8) is 0 Å². The van der Waals surface area contributed by atoms with Crippen molar-refractivity contribution in [2.24, 2.45) is 0 Å². The predicted molar refractivity (Wildman–Crippen MR) is 75.2 cm³/mol. The summed E-state index contributed by atoms with van der Waals surface area (Å²) in [5.41, 5.74) is 2.61. The summed E-state index contributed by atoms with van der Waals surface area (Å²) >= 11 is 0. The van der Waals surface area contributed by atoms with Gasteiger partial charge < -0.3 is 0 Å². The van der Waals surface area contributed by atoms with Crippen LogP contribution in [-0.2, 0) is 11.2 Å². The molecule has 0 atom stereocenters. The van der Waals surface area contributed by atoms with Crippen molar-refractivity contribution >= 4 is 11.6 Å². The Hall–Kier alpha value is -2.13. The van der Waals surface area contributed by atoms with Gasteiger partial charge in [-0.2, -0.15) is 5.06 Å². The highest BCUT2D eigenvalue weighted by molar-refractivity contribution is 5.91. The molecule has 3 nitrogen and oxygen atoms in total. The Bertz CT molecular complexity index is 552. The van der Waals surface area contributed by atoms with E-state index in [0.717, 1.165) is 16.2 Å². The minimum atomic E-state index is -0.297. The molecule has 2 aromatic rings. The standard InChI is InChI=1S/C16H17NO2/c1-13-6-5-9-15(12-13)17(19)16(18)11-10-14-7-3-2-4-8-14/h2-9,12,19H,10-11H2,1H3. The molecule has 1 N–H and O–H groups in total. The summed E-state index contributed by atoms with van der Waals surface area (Å²) in [4.78, 5) is 11.9. The molecule has 0 heterocycles. The molecule has 0 radical (unpaired) electrons. The molecule has 0 aliphatic rings.